The van der Waals surface area contributed by atoms with Crippen LogP contribution in [0, 0.1) is 0 Å². The Labute approximate surface area is 148 Å². The number of hydrogen-bond acceptors (Lipinski definition) is 4. The summed E-state index contributed by atoms with van der Waals surface area (Å²) in [4.78, 5) is 12.4. The van der Waals surface area contributed by atoms with Crippen LogP contribution >= 0.6 is 0 Å². The average Bonchev–Trinajstić information content (AvgIpc) is 3.18. The van der Waals surface area contributed by atoms with Crippen LogP contribution in [0.25, 0.3) is 28.0 Å². The van der Waals surface area contributed by atoms with Crippen LogP contribution in [0.15, 0.2) is 53.5 Å². The minimum absolute atomic E-state index is 0.00297. The molecule has 0 aliphatic carbocycles. The topological polar surface area (TPSA) is 96.1 Å². The highest BCUT2D eigenvalue weighted by Crippen LogP contribution is 2.30. The molecule has 7 nitrogen and oxygen atoms in total. The number of rotatable bonds is 4. The first-order chi connectivity index (χ1) is 12.6. The van der Waals surface area contributed by atoms with Gasteiger partial charge in [-0.3, -0.25) is 0 Å². The van der Waals surface area contributed by atoms with Gasteiger partial charge in [0.2, 0.25) is 0 Å². The molecule has 3 N–H and O–H groups in total. The van der Waals surface area contributed by atoms with Crippen molar-refractivity contribution < 1.29 is 10.2 Å². The lowest BCUT2D eigenvalue weighted by atomic mass is 10.1. The maximum atomic E-state index is 12.4. The monoisotopic (exact) mass is 350 g/mol. The lowest BCUT2D eigenvalue weighted by Gasteiger charge is -2.09. The van der Waals surface area contributed by atoms with E-state index in [2.05, 4.69) is 10.2 Å². The van der Waals surface area contributed by atoms with Crippen molar-refractivity contribution in [3.63, 3.8) is 0 Å². The summed E-state index contributed by atoms with van der Waals surface area (Å²) in [5.41, 5.74) is 2.59. The van der Waals surface area contributed by atoms with E-state index in [0.717, 1.165) is 16.5 Å². The zero-order valence-corrected chi connectivity index (χ0v) is 14.2. The van der Waals surface area contributed by atoms with Gasteiger partial charge in [-0.2, -0.15) is 5.10 Å². The third kappa shape index (κ3) is 2.58. The van der Waals surface area contributed by atoms with E-state index in [-0.39, 0.29) is 18.0 Å². The Bertz CT molecular complexity index is 1150. The van der Waals surface area contributed by atoms with Crippen LogP contribution in [0.2, 0.25) is 0 Å². The molecule has 0 aliphatic rings. The van der Waals surface area contributed by atoms with Gasteiger partial charge in [0.25, 0.3) is 0 Å². The van der Waals surface area contributed by atoms with E-state index in [4.69, 9.17) is 5.11 Å². The maximum Gasteiger partial charge on any atom is 0.348 e. The summed E-state index contributed by atoms with van der Waals surface area (Å²) < 4.78 is 3.44. The summed E-state index contributed by atoms with van der Waals surface area (Å²) in [6.07, 6.45) is 2.41. The predicted molar refractivity (Wildman–Crippen MR) is 98.6 cm³/mol. The van der Waals surface area contributed by atoms with Gasteiger partial charge in [0.15, 0.2) is 5.82 Å². The number of aromatic hydroxyl groups is 1. The fraction of sp³-hybridized carbons (Fsp3) is 0.158. The number of aryl methyl sites for hydroxylation is 1. The van der Waals surface area contributed by atoms with Crippen LogP contribution in [0.4, 0.5) is 0 Å². The number of aromatic amines is 1. The molecule has 0 saturated heterocycles. The zero-order chi connectivity index (χ0) is 18.3. The van der Waals surface area contributed by atoms with Gasteiger partial charge in [0, 0.05) is 30.8 Å². The third-order valence-electron chi connectivity index (χ3n) is 4.50. The lowest BCUT2D eigenvalue weighted by molar-refractivity contribution is 0.299. The van der Waals surface area contributed by atoms with Crippen molar-refractivity contribution in [2.24, 2.45) is 7.05 Å². The second-order valence-corrected chi connectivity index (χ2v) is 6.18. The first-order valence-corrected chi connectivity index (χ1v) is 8.24. The molecule has 0 unspecified atom stereocenters. The number of hydrogen-bond donors (Lipinski definition) is 3. The summed E-state index contributed by atoms with van der Waals surface area (Å²) >= 11 is 0. The van der Waals surface area contributed by atoms with E-state index in [1.807, 2.05) is 42.1 Å². The van der Waals surface area contributed by atoms with E-state index in [1.165, 1.54) is 4.57 Å². The molecule has 0 radical (unpaired) electrons. The molecule has 0 aliphatic heterocycles. The van der Waals surface area contributed by atoms with Crippen molar-refractivity contribution in [3.05, 3.63) is 64.7 Å². The van der Waals surface area contributed by atoms with Gasteiger partial charge in [-0.05, 0) is 48.4 Å². The predicted octanol–water partition coefficient (Wildman–Crippen LogP) is 1.96. The van der Waals surface area contributed by atoms with Crippen LogP contribution in [-0.4, -0.2) is 36.2 Å². The first-order valence-electron chi connectivity index (χ1n) is 8.24. The van der Waals surface area contributed by atoms with Gasteiger partial charge in [-0.15, -0.1) is 0 Å². The Balaban J connectivity index is 1.86. The first kappa shape index (κ1) is 16.2. The number of fused-ring (bicyclic) bond motifs is 1. The molecule has 0 atom stereocenters. The molecule has 2 heterocycles. The van der Waals surface area contributed by atoms with Gasteiger partial charge in [-0.1, -0.05) is 6.07 Å². The Hall–Kier alpha value is -3.32. The molecule has 7 heteroatoms. The standard InChI is InChI=1S/C19H18N4O3/c1-22-8-6-13-11-14(3-5-16(13)22)23-18(20-21-19(23)26)15-4-2-12(7-9-24)10-17(15)25/h2-6,8,10-11,24-25H,7,9H2,1H3,(H,21,26). The number of nitrogens with one attached hydrogen (secondary N) is 1. The molecule has 0 fully saturated rings. The van der Waals surface area contributed by atoms with E-state index < -0.39 is 0 Å². The Morgan fingerprint density at radius 1 is 1.15 bits per heavy atom. The van der Waals surface area contributed by atoms with Crippen molar-refractivity contribution in [1.82, 2.24) is 19.3 Å². The fourth-order valence-corrected chi connectivity index (χ4v) is 3.18. The number of aliphatic hydroxyl groups excluding tert-OH is 1. The van der Waals surface area contributed by atoms with Gasteiger partial charge in [0.05, 0.1) is 11.3 Å². The van der Waals surface area contributed by atoms with Gasteiger partial charge in [-0.25, -0.2) is 14.5 Å². The molecule has 0 bridgehead atoms. The molecule has 26 heavy (non-hydrogen) atoms. The van der Waals surface area contributed by atoms with Crippen molar-refractivity contribution in [2.75, 3.05) is 6.61 Å². The SMILES string of the molecule is Cn1ccc2cc(-n3c(-c4ccc(CCO)cc4O)n[nH]c3=O)ccc21. The molecular weight excluding hydrogens is 332 g/mol. The molecule has 0 spiro atoms. The molecule has 4 aromatic rings. The second-order valence-electron chi connectivity index (χ2n) is 6.18. The Kier molecular flexibility index (Phi) is 3.85. The molecule has 2 aromatic carbocycles. The summed E-state index contributed by atoms with van der Waals surface area (Å²) in [5, 5.41) is 27.0. The summed E-state index contributed by atoms with van der Waals surface area (Å²) in [6, 6.07) is 12.8. The Morgan fingerprint density at radius 2 is 2.00 bits per heavy atom. The van der Waals surface area contributed by atoms with Crippen molar-refractivity contribution >= 4 is 10.9 Å². The highest BCUT2D eigenvalue weighted by atomic mass is 16.3. The normalized spacial score (nSPS) is 11.3. The Morgan fingerprint density at radius 3 is 2.77 bits per heavy atom. The average molecular weight is 350 g/mol. The zero-order valence-electron chi connectivity index (χ0n) is 14.2. The van der Waals surface area contributed by atoms with Crippen LogP contribution < -0.4 is 5.69 Å². The fourth-order valence-electron chi connectivity index (χ4n) is 3.18. The van der Waals surface area contributed by atoms with Crippen molar-refractivity contribution in [2.45, 2.75) is 6.42 Å². The highest BCUT2D eigenvalue weighted by molar-refractivity contribution is 5.82. The number of aromatic nitrogens is 4. The van der Waals surface area contributed by atoms with Gasteiger partial charge >= 0.3 is 5.69 Å². The molecule has 0 saturated carbocycles. The molecule has 132 valence electrons. The smallest absolute Gasteiger partial charge is 0.348 e. The number of benzene rings is 2. The summed E-state index contributed by atoms with van der Waals surface area (Å²) in [6.45, 7) is 0.00297. The molecule has 2 aromatic heterocycles. The van der Waals surface area contributed by atoms with Crippen LogP contribution in [0.5, 0.6) is 5.75 Å². The van der Waals surface area contributed by atoms with E-state index in [1.54, 1.807) is 18.2 Å². The number of phenolic OH excluding ortho intramolecular Hbond substituents is 1. The third-order valence-corrected chi connectivity index (χ3v) is 4.50. The molecular formula is C19H18N4O3. The van der Waals surface area contributed by atoms with E-state index >= 15 is 0 Å². The number of aliphatic hydroxyl groups is 1. The van der Waals surface area contributed by atoms with Crippen molar-refractivity contribution in [3.8, 4) is 22.8 Å². The maximum absolute atomic E-state index is 12.4. The lowest BCUT2D eigenvalue weighted by Crippen LogP contribution is -2.15. The van der Waals surface area contributed by atoms with Crippen LogP contribution in [-0.2, 0) is 13.5 Å². The molecule has 4 rings (SSSR count). The minimum atomic E-state index is -0.380. The number of H-pyrrole nitrogens is 1. The van der Waals surface area contributed by atoms with Crippen LogP contribution in [0.1, 0.15) is 5.56 Å². The van der Waals surface area contributed by atoms with Crippen LogP contribution in [0.3, 0.4) is 0 Å². The molecule has 0 amide bonds. The van der Waals surface area contributed by atoms with E-state index in [0.29, 0.717) is 23.5 Å². The van der Waals surface area contributed by atoms with Crippen molar-refractivity contribution in [1.29, 1.82) is 0 Å². The minimum Gasteiger partial charge on any atom is -0.507 e. The quantitative estimate of drug-likeness (QED) is 0.524. The summed E-state index contributed by atoms with van der Waals surface area (Å²) in [7, 11) is 1.96. The van der Waals surface area contributed by atoms with Gasteiger partial charge < -0.3 is 14.8 Å². The summed E-state index contributed by atoms with van der Waals surface area (Å²) in [5.74, 6) is 0.343. The van der Waals surface area contributed by atoms with Gasteiger partial charge in [0.1, 0.15) is 5.75 Å². The largest absolute Gasteiger partial charge is 0.507 e. The van der Waals surface area contributed by atoms with E-state index in [9.17, 15) is 9.90 Å². The highest BCUT2D eigenvalue weighted by Gasteiger charge is 2.16. The number of nitrogens with zero attached hydrogens (tertiary/aromatic N) is 3. The second kappa shape index (κ2) is 6.20. The number of phenols is 1.